The highest BCUT2D eigenvalue weighted by Crippen LogP contribution is 2.79. The van der Waals surface area contributed by atoms with Crippen LogP contribution in [-0.2, 0) is 54.2 Å². The molecular formula is C53H72N2O12. The van der Waals surface area contributed by atoms with Gasteiger partial charge < -0.3 is 54.3 Å². The molecule has 0 aromatic carbocycles. The molecule has 5 saturated heterocycles. The molecule has 22 atom stereocenters. The Kier molecular flexibility index (Phi) is 8.25. The van der Waals surface area contributed by atoms with Gasteiger partial charge in [0, 0.05) is 48.3 Å². The summed E-state index contributed by atoms with van der Waals surface area (Å²) in [6.07, 6.45) is 6.81. The minimum absolute atomic E-state index is 0.0142. The maximum Gasteiger partial charge on any atom is 0.198 e. The molecule has 4 spiro atoms. The summed E-state index contributed by atoms with van der Waals surface area (Å²) >= 11 is 0. The van der Waals surface area contributed by atoms with E-state index in [1.54, 1.807) is 6.92 Å². The van der Waals surface area contributed by atoms with Crippen LogP contribution < -0.4 is 0 Å². The van der Waals surface area contributed by atoms with Crippen molar-refractivity contribution in [1.29, 1.82) is 0 Å². The SMILES string of the molecule is CC1[C@H]2C[C@H]3O[C@]34[C@@H]3CC[C@H]5Cc6nc7c(nc6C[C@]5(C)[C@@]3(O)CC(=O)[C@]24CO[C@@]12OC(C)(C)CC2O)C[C@@H]1CC[C@@H]2C3=C[C@@H]4O[C@@]5(C[C@]4(O)C3(C)C(O)C[C@@H]2C1(C)C7)O[C@](C)(CO)C[C@H]5O. The van der Waals surface area contributed by atoms with Crippen LogP contribution in [0.25, 0.3) is 0 Å². The summed E-state index contributed by atoms with van der Waals surface area (Å²) in [5.74, 6) is -2.36. The minimum Gasteiger partial charge on any atom is -0.393 e. The lowest BCUT2D eigenvalue weighted by molar-refractivity contribution is -0.351. The fraction of sp³-hybridized carbons (Fsp3) is 0.868. The third-order valence-electron chi connectivity index (χ3n) is 23.5. The van der Waals surface area contributed by atoms with E-state index >= 15 is 4.79 Å². The smallest absolute Gasteiger partial charge is 0.198 e. The van der Waals surface area contributed by atoms with Gasteiger partial charge in [0.15, 0.2) is 11.6 Å². The second kappa shape index (κ2) is 12.6. The molecule has 8 aliphatic carbocycles. The standard InChI is InChI=1S/C53H72N2O12/c1-25-29-15-42-52(65-42)36-11-9-27-13-33-35(18-46(27,6)49(36,61)21-38(58)48(29,52)24-63-53(25)40(60)19-43(2,3)66-53)55-32-12-26-8-10-28-30(45(26,5)17-34(32)54-33)14-37(57)47(7)31(28)16-41-50(47,62)22-51(64-41)39(59)20-44(4,23-56)67-51/h16,25-30,36-37,39-42,56-57,59-62H,8-15,17-24H2,1-7H3/t25?,26-,27-,28-,29+,30-,36+,37?,39+,40?,41-,42+,44-,45?,46-,47?,48-,49+,50+,51-,52+,53+/m0/s1. The number of hydrogen-bond donors (Lipinski definition) is 6. The maximum atomic E-state index is 15.2. The van der Waals surface area contributed by atoms with Crippen LogP contribution in [0.4, 0.5) is 0 Å². The Hall–Kier alpha value is -1.95. The monoisotopic (exact) mass is 929 g/mol. The quantitative estimate of drug-likeness (QED) is 0.176. The Balaban J connectivity index is 0.742. The number of hydrogen-bond acceptors (Lipinski definition) is 14. The van der Waals surface area contributed by atoms with Crippen LogP contribution in [0.5, 0.6) is 0 Å². The molecule has 0 radical (unpaired) electrons. The van der Waals surface area contributed by atoms with Crippen molar-refractivity contribution in [2.24, 2.45) is 63.1 Å². The lowest BCUT2D eigenvalue weighted by atomic mass is 9.41. The maximum absolute atomic E-state index is 15.2. The number of Topliss-reactive ketones (excluding diaryl/α,β-unsaturated/α-hetero) is 1. The zero-order valence-corrected chi connectivity index (χ0v) is 40.3. The summed E-state index contributed by atoms with van der Waals surface area (Å²) < 4.78 is 32.8. The first-order valence-electron chi connectivity index (χ1n) is 26.0. The molecule has 14 nitrogen and oxygen atoms in total. The van der Waals surface area contributed by atoms with Gasteiger partial charge in [-0.3, -0.25) is 14.8 Å². The predicted octanol–water partition coefficient (Wildman–Crippen LogP) is 3.58. The fourth-order valence-electron chi connectivity index (χ4n) is 19.9. The van der Waals surface area contributed by atoms with E-state index in [9.17, 15) is 30.6 Å². The van der Waals surface area contributed by atoms with Crippen molar-refractivity contribution in [3.05, 3.63) is 34.4 Å². The molecule has 0 amide bonds. The van der Waals surface area contributed by atoms with E-state index in [0.717, 1.165) is 66.9 Å². The lowest BCUT2D eigenvalue weighted by Gasteiger charge is -2.65. The van der Waals surface area contributed by atoms with Gasteiger partial charge in [0.25, 0.3) is 0 Å². The molecule has 0 bridgehead atoms. The Morgan fingerprint density at radius 1 is 0.761 bits per heavy atom. The molecule has 10 fully saturated rings. The third kappa shape index (κ3) is 4.74. The molecule has 67 heavy (non-hydrogen) atoms. The Morgan fingerprint density at radius 2 is 1.48 bits per heavy atom. The van der Waals surface area contributed by atoms with Crippen LogP contribution in [0.1, 0.15) is 135 Å². The van der Waals surface area contributed by atoms with Gasteiger partial charge in [0.05, 0.1) is 70.4 Å². The van der Waals surface area contributed by atoms with Gasteiger partial charge in [0.1, 0.15) is 35.3 Å². The summed E-state index contributed by atoms with van der Waals surface area (Å²) in [4.78, 5) is 26.2. The predicted molar refractivity (Wildman–Crippen MR) is 237 cm³/mol. The van der Waals surface area contributed by atoms with Crippen LogP contribution in [0.3, 0.4) is 0 Å². The highest BCUT2D eigenvalue weighted by molar-refractivity contribution is 5.91. The summed E-state index contributed by atoms with van der Waals surface area (Å²) in [5, 5.41) is 71.2. The van der Waals surface area contributed by atoms with Gasteiger partial charge in [-0.2, -0.15) is 0 Å². The number of aliphatic hydroxyl groups is 6. The Bertz CT molecular complexity index is 2450. The van der Waals surface area contributed by atoms with E-state index in [0.29, 0.717) is 38.0 Å². The van der Waals surface area contributed by atoms with Gasteiger partial charge in [-0.25, -0.2) is 0 Å². The molecule has 1 aromatic rings. The van der Waals surface area contributed by atoms with Gasteiger partial charge >= 0.3 is 0 Å². The first kappa shape index (κ1) is 43.8. The summed E-state index contributed by atoms with van der Waals surface area (Å²) in [6, 6.07) is 0. The summed E-state index contributed by atoms with van der Waals surface area (Å²) in [5.41, 5.74) is -2.62. The third-order valence-corrected chi connectivity index (χ3v) is 23.5. The summed E-state index contributed by atoms with van der Waals surface area (Å²) in [7, 11) is 0. The van der Waals surface area contributed by atoms with E-state index < -0.39 is 80.2 Å². The van der Waals surface area contributed by atoms with Crippen molar-refractivity contribution in [1.82, 2.24) is 9.97 Å². The molecule has 366 valence electrons. The molecule has 1 aromatic heterocycles. The average Bonchev–Trinajstić information content (AvgIpc) is 3.37. The van der Waals surface area contributed by atoms with Crippen molar-refractivity contribution in [2.45, 2.75) is 208 Å². The average molecular weight is 929 g/mol. The fourth-order valence-corrected chi connectivity index (χ4v) is 19.9. The van der Waals surface area contributed by atoms with E-state index in [1.807, 2.05) is 26.8 Å². The second-order valence-electron chi connectivity index (χ2n) is 26.6. The van der Waals surface area contributed by atoms with Crippen molar-refractivity contribution in [2.75, 3.05) is 13.2 Å². The molecule has 5 saturated carbocycles. The molecule has 5 aliphatic heterocycles. The molecule has 6 heterocycles. The Labute approximate surface area is 392 Å². The van der Waals surface area contributed by atoms with Crippen molar-refractivity contribution >= 4 is 5.78 Å². The van der Waals surface area contributed by atoms with E-state index in [4.69, 9.17) is 33.7 Å². The van der Waals surface area contributed by atoms with Crippen LogP contribution in [-0.4, -0.2) is 130 Å². The van der Waals surface area contributed by atoms with Crippen molar-refractivity contribution in [3.63, 3.8) is 0 Å². The van der Waals surface area contributed by atoms with Crippen LogP contribution in [0.2, 0.25) is 0 Å². The van der Waals surface area contributed by atoms with E-state index in [2.05, 4.69) is 20.8 Å². The molecule has 14 rings (SSSR count). The molecule has 13 aliphatic rings. The molecule has 14 heteroatoms. The van der Waals surface area contributed by atoms with Gasteiger partial charge in [-0.1, -0.05) is 39.3 Å². The normalized spacial score (nSPS) is 60.0. The number of fused-ring (bicyclic) bond motifs is 12. The summed E-state index contributed by atoms with van der Waals surface area (Å²) in [6.45, 7) is 14.3. The topological polar surface area (TPSA) is 214 Å². The lowest BCUT2D eigenvalue weighted by Crippen LogP contribution is -2.75. The molecular weight excluding hydrogens is 857 g/mol. The Morgan fingerprint density at radius 3 is 2.18 bits per heavy atom. The number of aliphatic hydroxyl groups excluding tert-OH is 4. The number of nitrogens with zero attached hydrogens (tertiary/aromatic N) is 2. The number of rotatable bonds is 1. The first-order chi connectivity index (χ1) is 31.4. The number of epoxide rings is 1. The van der Waals surface area contributed by atoms with Crippen LogP contribution >= 0.6 is 0 Å². The zero-order valence-electron chi connectivity index (χ0n) is 40.3. The highest BCUT2D eigenvalue weighted by atomic mass is 16.7. The van der Waals surface area contributed by atoms with Gasteiger partial charge in [-0.15, -0.1) is 0 Å². The highest BCUT2D eigenvalue weighted by Gasteiger charge is 2.90. The van der Waals surface area contributed by atoms with Crippen molar-refractivity contribution < 1.29 is 59.1 Å². The number of carbonyl (C=O) groups is 1. The number of ketones is 1. The largest absolute Gasteiger partial charge is 0.393 e. The minimum atomic E-state index is -1.48. The van der Waals surface area contributed by atoms with Gasteiger partial charge in [0.2, 0.25) is 0 Å². The van der Waals surface area contributed by atoms with Crippen LogP contribution in [0, 0.1) is 63.1 Å². The second-order valence-corrected chi connectivity index (χ2v) is 26.6. The van der Waals surface area contributed by atoms with Gasteiger partial charge in [-0.05, 0) is 120 Å². The number of ether oxygens (including phenoxy) is 5. The molecule has 6 N–H and O–H groups in total. The molecule has 5 unspecified atom stereocenters. The van der Waals surface area contributed by atoms with Crippen molar-refractivity contribution in [3.8, 4) is 0 Å². The van der Waals surface area contributed by atoms with Crippen LogP contribution in [0.15, 0.2) is 11.6 Å². The zero-order chi connectivity index (χ0) is 46.9. The van der Waals surface area contributed by atoms with E-state index in [1.165, 1.54) is 0 Å². The number of carbonyl (C=O) groups excluding carboxylic acids is 1. The number of aromatic nitrogens is 2. The first-order valence-corrected chi connectivity index (χ1v) is 26.0. The van der Waals surface area contributed by atoms with E-state index in [-0.39, 0.29) is 85.3 Å².